The van der Waals surface area contributed by atoms with Gasteiger partial charge in [-0.25, -0.2) is 0 Å². The van der Waals surface area contributed by atoms with Gasteiger partial charge in [0.2, 0.25) is 0 Å². The van der Waals surface area contributed by atoms with Crippen LogP contribution in [0.2, 0.25) is 5.02 Å². The van der Waals surface area contributed by atoms with Crippen LogP contribution in [0, 0.1) is 0 Å². The summed E-state index contributed by atoms with van der Waals surface area (Å²) in [5.74, 6) is 1.15. The molecule has 0 aliphatic carbocycles. The van der Waals surface area contributed by atoms with Crippen molar-refractivity contribution in [3.8, 4) is 11.5 Å². The van der Waals surface area contributed by atoms with Gasteiger partial charge in [0.1, 0.15) is 6.61 Å². The third kappa shape index (κ3) is 5.06. The van der Waals surface area contributed by atoms with E-state index in [1.54, 1.807) is 13.2 Å². The van der Waals surface area contributed by atoms with Crippen molar-refractivity contribution in [2.75, 3.05) is 13.7 Å². The van der Waals surface area contributed by atoms with E-state index >= 15 is 0 Å². The maximum absolute atomic E-state index is 6.08. The lowest BCUT2D eigenvalue weighted by atomic mass is 10.0. The molecule has 3 nitrogen and oxygen atoms in total. The zero-order chi connectivity index (χ0) is 15.1. The van der Waals surface area contributed by atoms with Crippen molar-refractivity contribution in [2.45, 2.75) is 25.8 Å². The van der Waals surface area contributed by atoms with Gasteiger partial charge in [0, 0.05) is 28.2 Å². The molecule has 1 aromatic carbocycles. The Morgan fingerprint density at radius 3 is 2.70 bits per heavy atom. The Bertz CT molecular complexity index is 478. The van der Waals surface area contributed by atoms with Crippen molar-refractivity contribution in [3.63, 3.8) is 0 Å². The Balaban J connectivity index is 3.08. The van der Waals surface area contributed by atoms with Gasteiger partial charge in [0.25, 0.3) is 0 Å². The number of ether oxygens (including phenoxy) is 2. The first-order valence-electron chi connectivity index (χ1n) is 6.21. The fraction of sp³-hybridized carbons (Fsp3) is 0.429. The van der Waals surface area contributed by atoms with Crippen LogP contribution in [0.4, 0.5) is 0 Å². The van der Waals surface area contributed by atoms with Gasteiger partial charge in [0.15, 0.2) is 11.5 Å². The summed E-state index contributed by atoms with van der Waals surface area (Å²) in [6, 6.07) is 3.54. The molecular formula is C14H18Cl3NO2. The molecule has 112 valence electrons. The van der Waals surface area contributed by atoms with Crippen molar-refractivity contribution >= 4 is 34.8 Å². The third-order valence-corrected chi connectivity index (χ3v) is 3.61. The van der Waals surface area contributed by atoms with Crippen molar-refractivity contribution in [1.82, 2.24) is 0 Å². The van der Waals surface area contributed by atoms with Gasteiger partial charge in [-0.3, -0.25) is 0 Å². The van der Waals surface area contributed by atoms with Crippen LogP contribution in [-0.4, -0.2) is 19.8 Å². The Morgan fingerprint density at radius 1 is 1.45 bits per heavy atom. The Hall–Kier alpha value is -0.610. The van der Waals surface area contributed by atoms with E-state index in [-0.39, 0.29) is 12.6 Å². The monoisotopic (exact) mass is 337 g/mol. The van der Waals surface area contributed by atoms with Crippen LogP contribution in [0.25, 0.3) is 0 Å². The number of hydrogen-bond donors (Lipinski definition) is 1. The van der Waals surface area contributed by atoms with E-state index in [9.17, 15) is 0 Å². The normalized spacial score (nSPS) is 13.2. The number of methoxy groups -OCH3 is 1. The van der Waals surface area contributed by atoms with E-state index in [1.165, 1.54) is 5.54 Å². The van der Waals surface area contributed by atoms with Crippen LogP contribution in [-0.2, 0) is 6.42 Å². The number of benzene rings is 1. The van der Waals surface area contributed by atoms with Gasteiger partial charge in [-0.2, -0.15) is 0 Å². The van der Waals surface area contributed by atoms with Crippen LogP contribution >= 0.6 is 34.8 Å². The molecule has 0 saturated heterocycles. The molecular weight excluding hydrogens is 321 g/mol. The Morgan fingerprint density at radius 2 is 2.15 bits per heavy atom. The van der Waals surface area contributed by atoms with Crippen molar-refractivity contribution in [2.24, 2.45) is 5.73 Å². The van der Waals surface area contributed by atoms with Gasteiger partial charge in [-0.1, -0.05) is 41.7 Å². The van der Waals surface area contributed by atoms with Crippen LogP contribution in [0.15, 0.2) is 22.7 Å². The minimum Gasteiger partial charge on any atom is -0.493 e. The summed E-state index contributed by atoms with van der Waals surface area (Å²) in [7, 11) is 1.56. The zero-order valence-corrected chi connectivity index (χ0v) is 13.7. The summed E-state index contributed by atoms with van der Waals surface area (Å²) in [4.78, 5) is 0. The molecule has 0 heterocycles. The molecule has 0 aromatic heterocycles. The van der Waals surface area contributed by atoms with E-state index in [0.717, 1.165) is 12.0 Å². The van der Waals surface area contributed by atoms with E-state index < -0.39 is 0 Å². The molecule has 2 N–H and O–H groups in total. The summed E-state index contributed by atoms with van der Waals surface area (Å²) >= 11 is 17.4. The number of rotatable bonds is 7. The third-order valence-electron chi connectivity index (χ3n) is 2.80. The lowest BCUT2D eigenvalue weighted by Crippen LogP contribution is -2.22. The molecule has 0 fully saturated rings. The average Bonchev–Trinajstić information content (AvgIpc) is 2.44. The standard InChI is InChI=1S/C14H18Cl3NO2/c1-3-12(18)5-9-4-10(16)6-13(19-2)14(9)20-8-11(17)7-15/h4,6-7,12H,3,5,8,18H2,1-2H3/b11-7-. The topological polar surface area (TPSA) is 44.5 Å². The van der Waals surface area contributed by atoms with Gasteiger partial charge in [-0.05, 0) is 18.9 Å². The molecule has 0 aliphatic heterocycles. The molecule has 1 rings (SSSR count). The lowest BCUT2D eigenvalue weighted by Gasteiger charge is -2.17. The smallest absolute Gasteiger partial charge is 0.165 e. The molecule has 6 heteroatoms. The fourth-order valence-electron chi connectivity index (χ4n) is 1.69. The Kier molecular flexibility index (Phi) is 7.52. The molecule has 0 radical (unpaired) electrons. The molecule has 1 aromatic rings. The minimum atomic E-state index is 0.0274. The zero-order valence-electron chi connectivity index (χ0n) is 11.5. The molecule has 0 bridgehead atoms. The van der Waals surface area contributed by atoms with E-state index in [0.29, 0.717) is 28.0 Å². The molecule has 1 atom stereocenters. The summed E-state index contributed by atoms with van der Waals surface area (Å²) in [6.07, 6.45) is 1.50. The van der Waals surface area contributed by atoms with Gasteiger partial charge >= 0.3 is 0 Å². The number of nitrogens with two attached hydrogens (primary N) is 1. The summed E-state index contributed by atoms with van der Waals surface area (Å²) in [5.41, 5.74) is 8.16. The quantitative estimate of drug-likeness (QED) is 0.805. The molecule has 0 amide bonds. The van der Waals surface area contributed by atoms with Crippen molar-refractivity contribution in [1.29, 1.82) is 0 Å². The van der Waals surface area contributed by atoms with Crippen LogP contribution in [0.3, 0.4) is 0 Å². The number of hydrogen-bond acceptors (Lipinski definition) is 3. The minimum absolute atomic E-state index is 0.0274. The van der Waals surface area contributed by atoms with Crippen LogP contribution < -0.4 is 15.2 Å². The highest BCUT2D eigenvalue weighted by atomic mass is 35.5. The van der Waals surface area contributed by atoms with E-state index in [4.69, 9.17) is 50.0 Å². The van der Waals surface area contributed by atoms with Gasteiger partial charge in [-0.15, -0.1) is 0 Å². The van der Waals surface area contributed by atoms with E-state index in [1.807, 2.05) is 13.0 Å². The summed E-state index contributed by atoms with van der Waals surface area (Å²) < 4.78 is 11.0. The molecule has 0 saturated carbocycles. The lowest BCUT2D eigenvalue weighted by molar-refractivity contribution is 0.320. The first-order valence-corrected chi connectivity index (χ1v) is 7.40. The predicted octanol–water partition coefficient (Wildman–Crippen LogP) is 4.33. The first kappa shape index (κ1) is 17.4. The highest BCUT2D eigenvalue weighted by Crippen LogP contribution is 2.36. The second kappa shape index (κ2) is 8.63. The highest BCUT2D eigenvalue weighted by Gasteiger charge is 2.15. The largest absolute Gasteiger partial charge is 0.493 e. The van der Waals surface area contributed by atoms with E-state index in [2.05, 4.69) is 0 Å². The maximum atomic E-state index is 6.08. The second-order valence-corrected chi connectivity index (χ2v) is 5.45. The second-order valence-electron chi connectivity index (χ2n) is 4.31. The predicted molar refractivity (Wildman–Crippen MR) is 85.3 cm³/mol. The highest BCUT2D eigenvalue weighted by molar-refractivity contribution is 6.36. The molecule has 0 spiro atoms. The molecule has 1 unspecified atom stereocenters. The Labute approximate surface area is 134 Å². The van der Waals surface area contributed by atoms with Crippen molar-refractivity contribution < 1.29 is 9.47 Å². The molecule has 20 heavy (non-hydrogen) atoms. The van der Waals surface area contributed by atoms with Crippen LogP contribution in [0.1, 0.15) is 18.9 Å². The molecule has 0 aliphatic rings. The summed E-state index contributed by atoms with van der Waals surface area (Å²) in [5, 5.41) is 0.973. The van der Waals surface area contributed by atoms with Crippen LogP contribution in [0.5, 0.6) is 11.5 Å². The SMILES string of the molecule is CCC(N)Cc1cc(Cl)cc(OC)c1OC/C(Cl)=C/Cl. The van der Waals surface area contributed by atoms with Gasteiger partial charge < -0.3 is 15.2 Å². The average molecular weight is 339 g/mol. The fourth-order valence-corrected chi connectivity index (χ4v) is 2.04. The van der Waals surface area contributed by atoms with Gasteiger partial charge in [0.05, 0.1) is 12.1 Å². The first-order chi connectivity index (χ1) is 9.51. The maximum Gasteiger partial charge on any atom is 0.165 e. The van der Waals surface area contributed by atoms with Crippen molar-refractivity contribution in [3.05, 3.63) is 33.3 Å². The number of halogens is 3. The summed E-state index contributed by atoms with van der Waals surface area (Å²) in [6.45, 7) is 2.19.